The maximum Gasteiger partial charge on any atom is 0.261 e. The number of aromatic nitrogens is 1. The van der Waals surface area contributed by atoms with Gasteiger partial charge in [0, 0.05) is 28.8 Å². The summed E-state index contributed by atoms with van der Waals surface area (Å²) in [6.07, 6.45) is 1.58. The number of amides is 1. The van der Waals surface area contributed by atoms with Crippen molar-refractivity contribution in [2.75, 3.05) is 5.32 Å². The van der Waals surface area contributed by atoms with Gasteiger partial charge in [0.15, 0.2) is 0 Å². The summed E-state index contributed by atoms with van der Waals surface area (Å²) in [4.78, 5) is 25.1. The van der Waals surface area contributed by atoms with Crippen molar-refractivity contribution in [1.29, 1.82) is 0 Å². The van der Waals surface area contributed by atoms with Crippen molar-refractivity contribution in [2.45, 2.75) is 6.92 Å². The van der Waals surface area contributed by atoms with Crippen LogP contribution in [0.3, 0.4) is 0 Å². The number of hydrogen-bond acceptors (Lipinski definition) is 2. The molecule has 5 heteroatoms. The van der Waals surface area contributed by atoms with Crippen LogP contribution in [0.2, 0.25) is 0 Å². The lowest BCUT2D eigenvalue weighted by molar-refractivity contribution is 0.102. The van der Waals surface area contributed by atoms with E-state index in [1.54, 1.807) is 22.9 Å². The van der Waals surface area contributed by atoms with Gasteiger partial charge in [0.1, 0.15) is 5.56 Å². The van der Waals surface area contributed by atoms with Gasteiger partial charge in [-0.3, -0.25) is 9.59 Å². The number of carbonyl (C=O) groups is 1. The predicted octanol–water partition coefficient (Wildman–Crippen LogP) is 3.86. The fourth-order valence-corrected chi connectivity index (χ4v) is 3.03. The Hall–Kier alpha value is -2.40. The molecular weight excluding hydrogens is 356 g/mol. The Morgan fingerprint density at radius 3 is 2.65 bits per heavy atom. The molecule has 0 aliphatic carbocycles. The first-order valence-corrected chi connectivity index (χ1v) is 7.92. The fraction of sp³-hybridized carbons (Fsp3) is 0.111. The minimum absolute atomic E-state index is 0.133. The van der Waals surface area contributed by atoms with Gasteiger partial charge in [-0.2, -0.15) is 0 Å². The zero-order chi connectivity index (χ0) is 16.6. The Balaban J connectivity index is 2.04. The molecule has 1 amide bonds. The van der Waals surface area contributed by atoms with E-state index in [1.165, 1.54) is 0 Å². The van der Waals surface area contributed by atoms with Crippen LogP contribution in [0.1, 0.15) is 15.9 Å². The van der Waals surface area contributed by atoms with E-state index in [-0.39, 0.29) is 11.0 Å². The molecule has 4 nitrogen and oxygen atoms in total. The maximum absolute atomic E-state index is 12.6. The second kappa shape index (κ2) is 6.01. The number of carbonyl (C=O) groups excluding carboxylic acids is 1. The summed E-state index contributed by atoms with van der Waals surface area (Å²) < 4.78 is 2.73. The zero-order valence-electron chi connectivity index (χ0n) is 12.8. The van der Waals surface area contributed by atoms with Crippen LogP contribution in [-0.2, 0) is 7.05 Å². The molecule has 0 fully saturated rings. The van der Waals surface area contributed by atoms with Crippen molar-refractivity contribution in [2.24, 2.45) is 7.05 Å². The van der Waals surface area contributed by atoms with Gasteiger partial charge in [0.05, 0.1) is 5.52 Å². The van der Waals surface area contributed by atoms with Crippen LogP contribution in [0.15, 0.2) is 57.9 Å². The molecule has 3 aromatic rings. The van der Waals surface area contributed by atoms with E-state index in [0.717, 1.165) is 15.6 Å². The molecule has 0 bridgehead atoms. The first-order chi connectivity index (χ1) is 11.0. The molecule has 0 radical (unpaired) electrons. The number of rotatable bonds is 2. The lowest BCUT2D eigenvalue weighted by Crippen LogP contribution is -2.23. The van der Waals surface area contributed by atoms with Gasteiger partial charge in [-0.25, -0.2) is 0 Å². The number of fused-ring (bicyclic) bond motifs is 1. The highest BCUT2D eigenvalue weighted by Gasteiger charge is 2.15. The highest BCUT2D eigenvalue weighted by Crippen LogP contribution is 2.20. The minimum atomic E-state index is -0.401. The van der Waals surface area contributed by atoms with Crippen LogP contribution in [-0.4, -0.2) is 10.5 Å². The van der Waals surface area contributed by atoms with Gasteiger partial charge in [-0.05, 0) is 42.8 Å². The van der Waals surface area contributed by atoms with E-state index in [0.29, 0.717) is 11.1 Å². The van der Waals surface area contributed by atoms with Crippen LogP contribution >= 0.6 is 15.9 Å². The molecule has 0 aliphatic heterocycles. The Labute approximate surface area is 141 Å². The Kier molecular flexibility index (Phi) is 4.05. The van der Waals surface area contributed by atoms with E-state index in [4.69, 9.17) is 0 Å². The van der Waals surface area contributed by atoms with Crippen LogP contribution in [0.5, 0.6) is 0 Å². The van der Waals surface area contributed by atoms with Crippen LogP contribution in [0.25, 0.3) is 10.9 Å². The van der Waals surface area contributed by atoms with Gasteiger partial charge in [0.2, 0.25) is 5.43 Å². The number of nitrogens with one attached hydrogen (secondary N) is 1. The molecule has 3 rings (SSSR count). The van der Waals surface area contributed by atoms with E-state index in [2.05, 4.69) is 21.2 Å². The van der Waals surface area contributed by atoms with E-state index in [9.17, 15) is 9.59 Å². The standard InChI is InChI=1S/C18H15BrN2O2/c1-11-9-12(19)7-8-15(11)20-18(23)14-10-21(2)16-6-4-3-5-13(16)17(14)22/h3-10H,1-2H3,(H,20,23). The topological polar surface area (TPSA) is 51.1 Å². The number of pyridine rings is 1. The monoisotopic (exact) mass is 370 g/mol. The number of hydrogen-bond donors (Lipinski definition) is 1. The largest absolute Gasteiger partial charge is 0.350 e. The average Bonchev–Trinajstić information content (AvgIpc) is 2.53. The van der Waals surface area contributed by atoms with Crippen molar-refractivity contribution < 1.29 is 4.79 Å². The summed E-state index contributed by atoms with van der Waals surface area (Å²) >= 11 is 3.39. The third-order valence-electron chi connectivity index (χ3n) is 3.78. The average molecular weight is 371 g/mol. The number of halogens is 1. The van der Waals surface area contributed by atoms with E-state index < -0.39 is 5.91 Å². The molecule has 1 aromatic heterocycles. The van der Waals surface area contributed by atoms with Crippen molar-refractivity contribution in [3.8, 4) is 0 Å². The first-order valence-electron chi connectivity index (χ1n) is 7.13. The number of benzene rings is 2. The van der Waals surface area contributed by atoms with Gasteiger partial charge in [-0.15, -0.1) is 0 Å². The van der Waals surface area contributed by atoms with E-state index >= 15 is 0 Å². The molecule has 0 atom stereocenters. The number of aryl methyl sites for hydroxylation is 2. The lowest BCUT2D eigenvalue weighted by Gasteiger charge is -2.11. The minimum Gasteiger partial charge on any atom is -0.350 e. The first kappa shape index (κ1) is 15.5. The molecule has 1 N–H and O–H groups in total. The number of anilines is 1. The summed E-state index contributed by atoms with van der Waals surface area (Å²) in [5, 5.41) is 3.35. The molecule has 0 aliphatic rings. The Bertz CT molecular complexity index is 976. The molecule has 116 valence electrons. The summed E-state index contributed by atoms with van der Waals surface area (Å²) in [5.41, 5.74) is 2.28. The second-order valence-electron chi connectivity index (χ2n) is 5.41. The molecule has 23 heavy (non-hydrogen) atoms. The van der Waals surface area contributed by atoms with Crippen molar-refractivity contribution in [3.63, 3.8) is 0 Å². The highest BCUT2D eigenvalue weighted by molar-refractivity contribution is 9.10. The fourth-order valence-electron chi connectivity index (χ4n) is 2.56. The van der Waals surface area contributed by atoms with Crippen molar-refractivity contribution >= 4 is 38.4 Å². The molecule has 1 heterocycles. The van der Waals surface area contributed by atoms with Crippen LogP contribution in [0.4, 0.5) is 5.69 Å². The number of para-hydroxylation sites is 1. The molecule has 0 saturated heterocycles. The number of nitrogens with zero attached hydrogens (tertiary/aromatic N) is 1. The molecular formula is C18H15BrN2O2. The van der Waals surface area contributed by atoms with Gasteiger partial charge in [0.25, 0.3) is 5.91 Å². The van der Waals surface area contributed by atoms with Gasteiger partial charge in [-0.1, -0.05) is 28.1 Å². The summed E-state index contributed by atoms with van der Waals surface area (Å²) in [6.45, 7) is 1.90. The molecule has 2 aromatic carbocycles. The maximum atomic E-state index is 12.6. The quantitative estimate of drug-likeness (QED) is 0.744. The Morgan fingerprint density at radius 2 is 1.91 bits per heavy atom. The highest BCUT2D eigenvalue weighted by atomic mass is 79.9. The molecule has 0 saturated carbocycles. The Morgan fingerprint density at radius 1 is 1.17 bits per heavy atom. The van der Waals surface area contributed by atoms with Crippen LogP contribution < -0.4 is 10.7 Å². The second-order valence-corrected chi connectivity index (χ2v) is 6.33. The third-order valence-corrected chi connectivity index (χ3v) is 4.27. The SMILES string of the molecule is Cc1cc(Br)ccc1NC(=O)c1cn(C)c2ccccc2c1=O. The third kappa shape index (κ3) is 2.92. The molecule has 0 spiro atoms. The van der Waals surface area contributed by atoms with Crippen LogP contribution in [0, 0.1) is 6.92 Å². The smallest absolute Gasteiger partial charge is 0.261 e. The van der Waals surface area contributed by atoms with Gasteiger partial charge >= 0.3 is 0 Å². The van der Waals surface area contributed by atoms with E-state index in [1.807, 2.05) is 44.3 Å². The predicted molar refractivity (Wildman–Crippen MR) is 96.0 cm³/mol. The van der Waals surface area contributed by atoms with Crippen molar-refractivity contribution in [3.05, 3.63) is 74.5 Å². The normalized spacial score (nSPS) is 10.7. The molecule has 0 unspecified atom stereocenters. The van der Waals surface area contributed by atoms with Gasteiger partial charge < -0.3 is 9.88 Å². The summed E-state index contributed by atoms with van der Waals surface area (Å²) in [5.74, 6) is -0.401. The zero-order valence-corrected chi connectivity index (χ0v) is 14.3. The van der Waals surface area contributed by atoms with Crippen molar-refractivity contribution in [1.82, 2.24) is 4.57 Å². The summed E-state index contributed by atoms with van der Waals surface area (Å²) in [7, 11) is 1.82. The lowest BCUT2D eigenvalue weighted by atomic mass is 10.1. The summed E-state index contributed by atoms with van der Waals surface area (Å²) in [6, 6.07) is 12.8.